The lowest BCUT2D eigenvalue weighted by Crippen LogP contribution is -2.05. The van der Waals surface area contributed by atoms with Crippen LogP contribution in [0.5, 0.6) is 5.75 Å². The first-order valence-electron chi connectivity index (χ1n) is 3.96. The van der Waals surface area contributed by atoms with Gasteiger partial charge in [0.1, 0.15) is 5.75 Å². The normalized spacial score (nSPS) is 26.8. The predicted molar refractivity (Wildman–Crippen MR) is 46.6 cm³/mol. The summed E-state index contributed by atoms with van der Waals surface area (Å²) in [5, 5.41) is 1.81. The second-order valence-electron chi connectivity index (χ2n) is 2.99. The van der Waals surface area contributed by atoms with Crippen molar-refractivity contribution in [3.05, 3.63) is 29.8 Å². The highest BCUT2D eigenvalue weighted by atomic mass is 16.5. The van der Waals surface area contributed by atoms with E-state index in [1.807, 2.05) is 17.1 Å². The van der Waals surface area contributed by atoms with Gasteiger partial charge >= 0.3 is 0 Å². The van der Waals surface area contributed by atoms with Gasteiger partial charge in [-0.15, -0.1) is 0 Å². The van der Waals surface area contributed by atoms with Crippen LogP contribution >= 0.6 is 0 Å². The number of methoxy groups -OCH3 is 1. The number of hydrogen-bond acceptors (Lipinski definition) is 3. The van der Waals surface area contributed by atoms with E-state index in [0.29, 0.717) is 6.04 Å². The molecule has 0 bridgehead atoms. The Hall–Kier alpha value is -1.06. The molecule has 2 atom stereocenters. The van der Waals surface area contributed by atoms with Gasteiger partial charge in [0, 0.05) is 6.54 Å². The summed E-state index contributed by atoms with van der Waals surface area (Å²) in [6.45, 7) is 0.965. The maximum absolute atomic E-state index is 5.57. The van der Waals surface area contributed by atoms with Gasteiger partial charge < -0.3 is 4.74 Å². The number of benzene rings is 1. The summed E-state index contributed by atoms with van der Waals surface area (Å²) < 4.78 is 5.05. The predicted octanol–water partition coefficient (Wildman–Crippen LogP) is 0.926. The van der Waals surface area contributed by atoms with E-state index < -0.39 is 0 Å². The lowest BCUT2D eigenvalue weighted by Gasteiger charge is -2.01. The molecule has 0 aromatic heterocycles. The van der Waals surface area contributed by atoms with Crippen molar-refractivity contribution in [3.63, 3.8) is 0 Å². The van der Waals surface area contributed by atoms with Crippen LogP contribution in [0.2, 0.25) is 0 Å². The Bertz CT molecular complexity index is 270. The van der Waals surface area contributed by atoms with Gasteiger partial charge in [-0.1, -0.05) is 12.1 Å². The fraction of sp³-hybridized carbons (Fsp3) is 0.333. The van der Waals surface area contributed by atoms with Crippen LogP contribution < -0.4 is 10.6 Å². The fourth-order valence-electron chi connectivity index (χ4n) is 1.28. The summed E-state index contributed by atoms with van der Waals surface area (Å²) in [5.41, 5.74) is 1.26. The number of hydrogen-bond donors (Lipinski definition) is 1. The highest BCUT2D eigenvalue weighted by Crippen LogP contribution is 2.31. The quantitative estimate of drug-likeness (QED) is 0.522. The Morgan fingerprint density at radius 3 is 2.42 bits per heavy atom. The van der Waals surface area contributed by atoms with E-state index in [0.717, 1.165) is 12.3 Å². The molecule has 12 heavy (non-hydrogen) atoms. The first-order chi connectivity index (χ1) is 5.81. The van der Waals surface area contributed by atoms with E-state index >= 15 is 0 Å². The number of rotatable bonds is 2. The molecule has 0 amide bonds. The van der Waals surface area contributed by atoms with Crippen molar-refractivity contribution >= 4 is 0 Å². The van der Waals surface area contributed by atoms with Crippen LogP contribution in [0.25, 0.3) is 0 Å². The number of ether oxygens (including phenoxy) is 1. The van der Waals surface area contributed by atoms with E-state index in [4.69, 9.17) is 10.6 Å². The number of nitrogens with two attached hydrogens (primary N) is 1. The van der Waals surface area contributed by atoms with Gasteiger partial charge in [-0.3, -0.25) is 5.84 Å². The van der Waals surface area contributed by atoms with Crippen molar-refractivity contribution in [2.24, 2.45) is 5.84 Å². The van der Waals surface area contributed by atoms with Crippen LogP contribution in [0.1, 0.15) is 11.6 Å². The molecule has 1 saturated heterocycles. The minimum Gasteiger partial charge on any atom is -0.497 e. The van der Waals surface area contributed by atoms with E-state index in [9.17, 15) is 0 Å². The van der Waals surface area contributed by atoms with Gasteiger partial charge in [-0.2, -0.15) is 0 Å². The molecular weight excluding hydrogens is 152 g/mol. The van der Waals surface area contributed by atoms with E-state index in [-0.39, 0.29) is 0 Å². The summed E-state index contributed by atoms with van der Waals surface area (Å²) in [5.74, 6) is 6.46. The zero-order valence-electron chi connectivity index (χ0n) is 7.03. The molecule has 1 aromatic rings. The molecule has 1 heterocycles. The lowest BCUT2D eigenvalue weighted by atomic mass is 10.1. The molecule has 1 fully saturated rings. The summed E-state index contributed by atoms with van der Waals surface area (Å²) in [7, 11) is 1.67. The molecule has 0 spiro atoms. The van der Waals surface area contributed by atoms with Gasteiger partial charge in [-0.25, -0.2) is 5.01 Å². The SMILES string of the molecule is COc1ccc(C2CN2N)cc1. The number of hydrazine groups is 1. The van der Waals surface area contributed by atoms with Gasteiger partial charge in [-0.05, 0) is 17.7 Å². The molecule has 3 nitrogen and oxygen atoms in total. The van der Waals surface area contributed by atoms with Crippen molar-refractivity contribution in [2.75, 3.05) is 13.7 Å². The van der Waals surface area contributed by atoms with Gasteiger partial charge in [0.25, 0.3) is 0 Å². The van der Waals surface area contributed by atoms with Gasteiger partial charge in [0.15, 0.2) is 0 Å². The maximum Gasteiger partial charge on any atom is 0.118 e. The summed E-state index contributed by atoms with van der Waals surface area (Å²) in [4.78, 5) is 0. The van der Waals surface area contributed by atoms with Crippen LogP contribution in [0, 0.1) is 0 Å². The summed E-state index contributed by atoms with van der Waals surface area (Å²) in [6.07, 6.45) is 0. The van der Waals surface area contributed by atoms with Crippen molar-refractivity contribution < 1.29 is 4.74 Å². The first kappa shape index (κ1) is 7.58. The molecule has 1 aliphatic heterocycles. The molecular formula is C9H12N2O. The van der Waals surface area contributed by atoms with Crippen LogP contribution in [0.15, 0.2) is 24.3 Å². The number of nitrogens with zero attached hydrogens (tertiary/aromatic N) is 1. The standard InChI is InChI=1S/C9H12N2O/c1-12-8-4-2-7(3-5-8)9-6-11(9)10/h2-5,9H,6,10H2,1H3. The van der Waals surface area contributed by atoms with Crippen LogP contribution in [0.4, 0.5) is 0 Å². The Morgan fingerprint density at radius 1 is 1.42 bits per heavy atom. The minimum absolute atomic E-state index is 0.427. The van der Waals surface area contributed by atoms with Crippen LogP contribution in [0.3, 0.4) is 0 Å². The molecule has 2 unspecified atom stereocenters. The maximum atomic E-state index is 5.57. The van der Waals surface area contributed by atoms with E-state index in [2.05, 4.69) is 12.1 Å². The van der Waals surface area contributed by atoms with Crippen molar-refractivity contribution in [3.8, 4) is 5.75 Å². The summed E-state index contributed by atoms with van der Waals surface area (Å²) in [6, 6.07) is 8.45. The third-order valence-corrected chi connectivity index (χ3v) is 2.15. The largest absolute Gasteiger partial charge is 0.497 e. The molecule has 2 rings (SSSR count). The zero-order valence-corrected chi connectivity index (χ0v) is 7.03. The minimum atomic E-state index is 0.427. The van der Waals surface area contributed by atoms with Crippen molar-refractivity contribution in [2.45, 2.75) is 6.04 Å². The van der Waals surface area contributed by atoms with Crippen LogP contribution in [-0.2, 0) is 0 Å². The molecule has 3 heteroatoms. The Labute approximate surface area is 71.7 Å². The zero-order chi connectivity index (χ0) is 8.55. The molecule has 1 aliphatic rings. The molecule has 0 aliphatic carbocycles. The van der Waals surface area contributed by atoms with Crippen LogP contribution in [-0.4, -0.2) is 18.7 Å². The Morgan fingerprint density at radius 2 is 2.00 bits per heavy atom. The highest BCUT2D eigenvalue weighted by molar-refractivity contribution is 5.31. The van der Waals surface area contributed by atoms with E-state index in [1.54, 1.807) is 7.11 Å². The van der Waals surface area contributed by atoms with E-state index in [1.165, 1.54) is 5.56 Å². The smallest absolute Gasteiger partial charge is 0.118 e. The van der Waals surface area contributed by atoms with Gasteiger partial charge in [0.2, 0.25) is 0 Å². The molecule has 1 aromatic carbocycles. The third-order valence-electron chi connectivity index (χ3n) is 2.15. The topological polar surface area (TPSA) is 38.3 Å². The Balaban J connectivity index is 2.14. The first-order valence-corrected chi connectivity index (χ1v) is 3.96. The van der Waals surface area contributed by atoms with Crippen molar-refractivity contribution in [1.82, 2.24) is 5.01 Å². The monoisotopic (exact) mass is 164 g/mol. The summed E-state index contributed by atoms with van der Waals surface area (Å²) >= 11 is 0. The second kappa shape index (κ2) is 2.77. The molecule has 0 radical (unpaired) electrons. The van der Waals surface area contributed by atoms with Gasteiger partial charge in [0.05, 0.1) is 13.2 Å². The molecule has 64 valence electrons. The van der Waals surface area contributed by atoms with Crippen molar-refractivity contribution in [1.29, 1.82) is 0 Å². The average Bonchev–Trinajstić information content (AvgIpc) is 2.83. The fourth-order valence-corrected chi connectivity index (χ4v) is 1.28. The second-order valence-corrected chi connectivity index (χ2v) is 2.99. The molecule has 0 saturated carbocycles. The lowest BCUT2D eigenvalue weighted by molar-refractivity contribution is 0.414. The Kier molecular flexibility index (Phi) is 1.75. The molecule has 2 N–H and O–H groups in total. The third kappa shape index (κ3) is 1.29. The average molecular weight is 164 g/mol. The highest BCUT2D eigenvalue weighted by Gasteiger charge is 2.31.